The predicted octanol–water partition coefficient (Wildman–Crippen LogP) is -1.47. The Labute approximate surface area is 67.5 Å². The van der Waals surface area contributed by atoms with Crippen molar-refractivity contribution in [2.24, 2.45) is 0 Å². The van der Waals surface area contributed by atoms with Crippen molar-refractivity contribution in [2.45, 2.75) is 0 Å². The Morgan fingerprint density at radius 3 is 1.50 bits per heavy atom. The molecular weight excluding hydrogens is 120 g/mol. The van der Waals surface area contributed by atoms with Crippen LogP contribution in [0.4, 0.5) is 0 Å². The molecule has 0 aromatic carbocycles. The molecule has 0 radical (unpaired) electrons. The maximum absolute atomic E-state index is 6.47. The fraction of sp³-hybridized carbons (Fsp3) is 0. The predicted molar refractivity (Wildman–Crippen MR) is 27.4 cm³/mol. The van der Waals surface area contributed by atoms with Gasteiger partial charge in [-0.15, -0.1) is 0 Å². The van der Waals surface area contributed by atoms with Gasteiger partial charge in [-0.25, -0.2) is 0 Å². The van der Waals surface area contributed by atoms with E-state index in [4.69, 9.17) is 4.66 Å². The molecule has 0 heterocycles. The summed E-state index contributed by atoms with van der Waals surface area (Å²) in [6.07, 6.45) is 0. The van der Waals surface area contributed by atoms with E-state index in [1.807, 2.05) is 0 Å². The van der Waals surface area contributed by atoms with E-state index in [2.05, 4.69) is 11.9 Å². The van der Waals surface area contributed by atoms with Gasteiger partial charge in [0.05, 0.1) is 11.9 Å². The van der Waals surface area contributed by atoms with Gasteiger partial charge in [-0.1, -0.05) is 0 Å². The average Bonchev–Trinajstić information content (AvgIpc) is 1.00. The quantitative estimate of drug-likeness (QED) is 0.393. The molecule has 0 bridgehead atoms. The van der Waals surface area contributed by atoms with Gasteiger partial charge in [0.25, 0.3) is 0 Å². The van der Waals surface area contributed by atoms with Crippen LogP contribution >= 0.6 is 11.9 Å². The first kappa shape index (κ1) is 17.2. The molecule has 1 N–H and O–H groups in total. The van der Waals surface area contributed by atoms with Gasteiger partial charge in [0.1, 0.15) is 0 Å². The summed E-state index contributed by atoms with van der Waals surface area (Å²) in [6, 6.07) is 0. The Morgan fingerprint density at radius 2 is 1.50 bits per heavy atom. The Morgan fingerprint density at radius 1 is 1.50 bits per heavy atom. The molecule has 1 nitrogen and oxygen atoms in total. The molecular formula is H7CaClOSi. The van der Waals surface area contributed by atoms with E-state index in [-0.39, 0.29) is 51.6 Å². The minimum Gasteiger partial charge on any atom is -1.00 e. The molecule has 0 aliphatic rings. The van der Waals surface area contributed by atoms with Crippen molar-refractivity contribution in [1.29, 1.82) is 0 Å². The molecule has 0 saturated heterocycles. The first-order valence-corrected chi connectivity index (χ1v) is 0.507. The van der Waals surface area contributed by atoms with Crippen molar-refractivity contribution in [3.63, 3.8) is 0 Å². The van der Waals surface area contributed by atoms with Gasteiger partial charge in [0, 0.05) is 0 Å². The summed E-state index contributed by atoms with van der Waals surface area (Å²) in [6.45, 7) is 0. The van der Waals surface area contributed by atoms with Gasteiger partial charge in [0.15, 0.2) is 0 Å². The topological polar surface area (TPSA) is 20.2 Å². The molecule has 4 heteroatoms. The zero-order chi connectivity index (χ0) is 2.00. The van der Waals surface area contributed by atoms with Crippen LogP contribution in [0.1, 0.15) is 2.85 Å². The molecule has 0 aromatic heterocycles. The van der Waals surface area contributed by atoms with Crippen LogP contribution in [-0.2, 0) is 0 Å². The van der Waals surface area contributed by atoms with E-state index in [1.165, 1.54) is 0 Å². The van der Waals surface area contributed by atoms with Crippen LogP contribution in [0.25, 0.3) is 0 Å². The first-order valence-electron chi connectivity index (χ1n) is 0.169. The second kappa shape index (κ2) is 22.0. The summed E-state index contributed by atoms with van der Waals surface area (Å²) >= 11 is 3.64. The van der Waals surface area contributed by atoms with Crippen LogP contribution in [0.2, 0.25) is 0 Å². The molecule has 26 valence electrons. The van der Waals surface area contributed by atoms with Crippen molar-refractivity contribution < 1.29 is 7.51 Å². The Bertz CT molecular complexity index is 13.5. The van der Waals surface area contributed by atoms with Crippen molar-refractivity contribution in [3.05, 3.63) is 0 Å². The Kier molecular flexibility index (Phi) is 94.7. The number of rotatable bonds is 0. The third kappa shape index (κ3) is 9.29. The van der Waals surface area contributed by atoms with Gasteiger partial charge in [-0.05, 0) is 11.0 Å². The fourth-order valence-electron chi connectivity index (χ4n) is 0. The van der Waals surface area contributed by atoms with Crippen molar-refractivity contribution in [3.8, 4) is 0 Å². The van der Waals surface area contributed by atoms with Crippen molar-refractivity contribution in [1.82, 2.24) is 0 Å². The van der Waals surface area contributed by atoms with E-state index in [9.17, 15) is 0 Å². The number of hydrogen-bond donors (Lipinski definition) is 1. The third-order valence-electron chi connectivity index (χ3n) is 0. The first-order chi connectivity index (χ1) is 1.00. The maximum Gasteiger partial charge on any atom is 2.00 e. The zero-order valence-electron chi connectivity index (χ0n) is 3.53. The van der Waals surface area contributed by atoms with Crippen LogP contribution in [0.5, 0.6) is 0 Å². The molecule has 0 unspecified atom stereocenters. The van der Waals surface area contributed by atoms with Gasteiger partial charge in [-0.2, -0.15) is 0 Å². The van der Waals surface area contributed by atoms with E-state index in [0.29, 0.717) is 0 Å². The van der Waals surface area contributed by atoms with Crippen LogP contribution in [0, 0.1) is 0 Å². The zero-order valence-corrected chi connectivity index (χ0v) is 4.50. The Hall–Kier alpha value is 1.73. The van der Waals surface area contributed by atoms with Crippen LogP contribution < -0.4 is 0 Å². The van der Waals surface area contributed by atoms with Gasteiger partial charge in [-0.3, -0.25) is 4.66 Å². The summed E-state index contributed by atoms with van der Waals surface area (Å²) in [5, 5.41) is 0. The fourth-order valence-corrected chi connectivity index (χ4v) is 0. The van der Waals surface area contributed by atoms with Gasteiger partial charge in [0.2, 0.25) is 0 Å². The molecule has 0 aliphatic carbocycles. The second-order valence-corrected chi connectivity index (χ2v) is 0. The molecule has 0 amide bonds. The standard InChI is InChI=1S/Ca.ClHO.H4Si.2H/c;1-2;;;/h;2H;1H4;;/q+2;;;2*-1. The van der Waals surface area contributed by atoms with E-state index in [1.54, 1.807) is 0 Å². The second-order valence-electron chi connectivity index (χ2n) is 0. The van der Waals surface area contributed by atoms with Crippen LogP contribution in [0.3, 0.4) is 0 Å². The van der Waals surface area contributed by atoms with E-state index < -0.39 is 0 Å². The van der Waals surface area contributed by atoms with Crippen molar-refractivity contribution in [2.75, 3.05) is 0 Å². The van der Waals surface area contributed by atoms with Crippen molar-refractivity contribution >= 4 is 60.6 Å². The van der Waals surface area contributed by atoms with Gasteiger partial charge >= 0.3 is 37.7 Å². The SMILES string of the molecule is OCl.[Ca+2].[H-].[H-].[SiH4]. The maximum atomic E-state index is 6.47. The molecule has 0 aromatic rings. The number of halogens is 1. The minimum absolute atomic E-state index is 0. The monoisotopic (exact) mass is 126 g/mol. The summed E-state index contributed by atoms with van der Waals surface area (Å²) < 4.78 is 6.47. The molecule has 0 fully saturated rings. The minimum atomic E-state index is 0. The third-order valence-corrected chi connectivity index (χ3v) is 0. The smallest absolute Gasteiger partial charge is 1.00 e. The van der Waals surface area contributed by atoms with Crippen LogP contribution in [-0.4, -0.2) is 53.4 Å². The molecule has 0 spiro atoms. The van der Waals surface area contributed by atoms with E-state index in [0.717, 1.165) is 0 Å². The summed E-state index contributed by atoms with van der Waals surface area (Å²) in [5.74, 6) is 0. The molecule has 0 rings (SSSR count). The van der Waals surface area contributed by atoms with E-state index >= 15 is 0 Å². The van der Waals surface area contributed by atoms with Gasteiger partial charge < -0.3 is 2.85 Å². The normalized spacial score (nSPS) is 1.50. The summed E-state index contributed by atoms with van der Waals surface area (Å²) in [4.78, 5) is 0. The number of hydrogen-bond acceptors (Lipinski definition) is 1. The molecule has 0 atom stereocenters. The molecule has 0 aliphatic heterocycles. The summed E-state index contributed by atoms with van der Waals surface area (Å²) in [7, 11) is 0. The molecule has 0 saturated carbocycles. The summed E-state index contributed by atoms with van der Waals surface area (Å²) in [5.41, 5.74) is 0. The van der Waals surface area contributed by atoms with Crippen LogP contribution in [0.15, 0.2) is 0 Å². The Balaban J connectivity index is -0.000000000833. The molecule has 4 heavy (non-hydrogen) atoms. The largest absolute Gasteiger partial charge is 2.00 e. The average molecular weight is 127 g/mol.